The summed E-state index contributed by atoms with van der Waals surface area (Å²) in [5.74, 6) is -1.41. The molecule has 0 spiro atoms. The first-order valence-corrected chi connectivity index (χ1v) is 9.02. The first kappa shape index (κ1) is 19.9. The summed E-state index contributed by atoms with van der Waals surface area (Å²) in [7, 11) is 1.76. The molecule has 4 nitrogen and oxygen atoms in total. The fourth-order valence-corrected chi connectivity index (χ4v) is 4.73. The predicted octanol–water partition coefficient (Wildman–Crippen LogP) is 3.40. The number of hydrogen-bond donors (Lipinski definition) is 0. The van der Waals surface area contributed by atoms with E-state index in [1.54, 1.807) is 12.2 Å². The molecule has 0 aromatic heterocycles. The lowest BCUT2D eigenvalue weighted by molar-refractivity contribution is -0.151. The topological polar surface area (TPSA) is 52.6 Å². The second kappa shape index (κ2) is 10.6. The van der Waals surface area contributed by atoms with Crippen LogP contribution in [0.1, 0.15) is 6.42 Å². The van der Waals surface area contributed by atoms with Crippen LogP contribution in [0.15, 0.2) is 67.0 Å². The Morgan fingerprint density at radius 3 is 2.33 bits per heavy atom. The number of allylic oxidation sites excluding steroid dienone is 4. The minimum absolute atomic E-state index is 0.00659. The Hall–Kier alpha value is -2.19. The highest BCUT2D eigenvalue weighted by atomic mass is 31.1. The molecular weight excluding hydrogens is 323 g/mol. The van der Waals surface area contributed by atoms with Crippen molar-refractivity contribution in [3.8, 4) is 0 Å². The zero-order valence-corrected chi connectivity index (χ0v) is 15.0. The van der Waals surface area contributed by atoms with Gasteiger partial charge in [-0.25, -0.2) is 0 Å². The normalized spacial score (nSPS) is 13.5. The zero-order chi connectivity index (χ0) is 17.9. The van der Waals surface area contributed by atoms with E-state index in [9.17, 15) is 9.59 Å². The fraction of sp³-hybridized carbons (Fsp3) is 0.263. The summed E-state index contributed by atoms with van der Waals surface area (Å²) >= 11 is 0. The molecule has 2 atom stereocenters. The SMILES string of the molecule is C=C/C=C(\C=C)P(CC(CC(=O)OC)C(=O)OC)c1ccccc1. The van der Waals surface area contributed by atoms with Crippen LogP contribution in [-0.4, -0.2) is 32.3 Å². The van der Waals surface area contributed by atoms with Crippen LogP contribution in [0.4, 0.5) is 0 Å². The van der Waals surface area contributed by atoms with Crippen LogP contribution >= 0.6 is 7.92 Å². The Balaban J connectivity index is 3.19. The number of esters is 2. The van der Waals surface area contributed by atoms with Crippen LogP contribution in [0.2, 0.25) is 0 Å². The number of carbonyl (C=O) groups excluding carboxylic acids is 2. The molecule has 0 fully saturated rings. The van der Waals surface area contributed by atoms with Gasteiger partial charge in [-0.1, -0.05) is 61.7 Å². The van der Waals surface area contributed by atoms with E-state index in [0.717, 1.165) is 10.6 Å². The van der Waals surface area contributed by atoms with Gasteiger partial charge in [0.1, 0.15) is 0 Å². The summed E-state index contributed by atoms with van der Waals surface area (Å²) in [6, 6.07) is 9.87. The number of ether oxygens (including phenoxy) is 2. The van der Waals surface area contributed by atoms with Crippen molar-refractivity contribution in [2.45, 2.75) is 6.42 Å². The van der Waals surface area contributed by atoms with Gasteiger partial charge in [-0.3, -0.25) is 9.59 Å². The van der Waals surface area contributed by atoms with E-state index in [2.05, 4.69) is 13.2 Å². The molecule has 128 valence electrons. The van der Waals surface area contributed by atoms with Crippen molar-refractivity contribution in [1.82, 2.24) is 0 Å². The maximum atomic E-state index is 12.1. The van der Waals surface area contributed by atoms with Crippen LogP contribution < -0.4 is 5.30 Å². The maximum absolute atomic E-state index is 12.1. The molecule has 1 aromatic carbocycles. The Morgan fingerprint density at radius 1 is 1.17 bits per heavy atom. The van der Waals surface area contributed by atoms with Crippen molar-refractivity contribution in [3.05, 3.63) is 67.0 Å². The quantitative estimate of drug-likeness (QED) is 0.391. The Kier molecular flexibility index (Phi) is 8.74. The third kappa shape index (κ3) is 5.78. The molecule has 1 rings (SSSR count). The maximum Gasteiger partial charge on any atom is 0.309 e. The smallest absolute Gasteiger partial charge is 0.309 e. The second-order valence-corrected chi connectivity index (χ2v) is 7.23. The van der Waals surface area contributed by atoms with Crippen molar-refractivity contribution in [2.75, 3.05) is 20.4 Å². The number of benzene rings is 1. The van der Waals surface area contributed by atoms with Gasteiger partial charge in [-0.15, -0.1) is 0 Å². The van der Waals surface area contributed by atoms with Crippen LogP contribution in [0.25, 0.3) is 0 Å². The fourth-order valence-electron chi connectivity index (χ4n) is 2.25. The molecule has 0 radical (unpaired) electrons. The molecule has 0 amide bonds. The molecule has 24 heavy (non-hydrogen) atoms. The van der Waals surface area contributed by atoms with E-state index >= 15 is 0 Å². The highest BCUT2D eigenvalue weighted by molar-refractivity contribution is 7.70. The van der Waals surface area contributed by atoms with Crippen molar-refractivity contribution in [3.63, 3.8) is 0 Å². The Morgan fingerprint density at radius 2 is 1.83 bits per heavy atom. The van der Waals surface area contributed by atoms with Gasteiger partial charge in [0.2, 0.25) is 0 Å². The van der Waals surface area contributed by atoms with E-state index in [1.807, 2.05) is 36.4 Å². The lowest BCUT2D eigenvalue weighted by Crippen LogP contribution is -2.25. The Labute approximate surface area is 144 Å². The molecule has 1 aromatic rings. The summed E-state index contributed by atoms with van der Waals surface area (Å²) in [4.78, 5) is 23.8. The number of methoxy groups -OCH3 is 2. The summed E-state index contributed by atoms with van der Waals surface area (Å²) < 4.78 is 9.57. The van der Waals surface area contributed by atoms with Crippen molar-refractivity contribution in [2.24, 2.45) is 5.92 Å². The lowest BCUT2D eigenvalue weighted by Gasteiger charge is -2.23. The highest BCUT2D eigenvalue weighted by Gasteiger charge is 2.28. The van der Waals surface area contributed by atoms with Crippen LogP contribution in [-0.2, 0) is 19.1 Å². The molecular formula is C19H23O4P. The van der Waals surface area contributed by atoms with Gasteiger partial charge in [0, 0.05) is 0 Å². The Bertz CT molecular complexity index is 607. The summed E-state index contributed by atoms with van der Waals surface area (Å²) in [6.07, 6.45) is 5.83. The third-order valence-electron chi connectivity index (χ3n) is 3.46. The van der Waals surface area contributed by atoms with Gasteiger partial charge in [-0.2, -0.15) is 0 Å². The number of hydrogen-bond acceptors (Lipinski definition) is 4. The molecule has 2 unspecified atom stereocenters. The molecule has 0 aliphatic heterocycles. The molecule has 0 heterocycles. The predicted molar refractivity (Wildman–Crippen MR) is 98.5 cm³/mol. The van der Waals surface area contributed by atoms with Gasteiger partial charge in [0.15, 0.2) is 0 Å². The van der Waals surface area contributed by atoms with Gasteiger partial charge < -0.3 is 9.47 Å². The molecule has 0 saturated heterocycles. The number of rotatable bonds is 9. The van der Waals surface area contributed by atoms with Gasteiger partial charge in [-0.05, 0) is 24.7 Å². The van der Waals surface area contributed by atoms with Crippen LogP contribution in [0, 0.1) is 5.92 Å². The highest BCUT2D eigenvalue weighted by Crippen LogP contribution is 2.46. The third-order valence-corrected chi connectivity index (χ3v) is 6.14. The molecule has 0 N–H and O–H groups in total. The van der Waals surface area contributed by atoms with Gasteiger partial charge >= 0.3 is 11.9 Å². The summed E-state index contributed by atoms with van der Waals surface area (Å²) in [6.45, 7) is 7.60. The van der Waals surface area contributed by atoms with E-state index in [4.69, 9.17) is 9.47 Å². The first-order chi connectivity index (χ1) is 11.6. The van der Waals surface area contributed by atoms with E-state index in [0.29, 0.717) is 6.16 Å². The summed E-state index contributed by atoms with van der Waals surface area (Å²) in [5, 5.41) is 2.09. The van der Waals surface area contributed by atoms with Gasteiger partial charge in [0.25, 0.3) is 0 Å². The average Bonchev–Trinajstić information content (AvgIpc) is 2.63. The minimum atomic E-state index is -0.875. The molecule has 0 bridgehead atoms. The first-order valence-electron chi connectivity index (χ1n) is 7.49. The van der Waals surface area contributed by atoms with Crippen molar-refractivity contribution < 1.29 is 19.1 Å². The van der Waals surface area contributed by atoms with E-state index < -0.39 is 25.8 Å². The average molecular weight is 346 g/mol. The van der Waals surface area contributed by atoms with Gasteiger partial charge in [0.05, 0.1) is 26.6 Å². The van der Waals surface area contributed by atoms with Crippen molar-refractivity contribution in [1.29, 1.82) is 0 Å². The van der Waals surface area contributed by atoms with Crippen LogP contribution in [0.3, 0.4) is 0 Å². The molecule has 0 aliphatic carbocycles. The molecule has 0 saturated carbocycles. The standard InChI is InChI=1S/C19H23O4P/c1-5-10-16(6-2)24(17-11-8-7-9-12-17)14-15(19(21)23-4)13-18(20)22-3/h5-12,15H,1-2,13-14H2,3-4H3/b16-10+. The molecule has 0 aliphatic rings. The number of carbonyl (C=O) groups is 2. The largest absolute Gasteiger partial charge is 0.469 e. The zero-order valence-electron chi connectivity index (χ0n) is 14.1. The van der Waals surface area contributed by atoms with E-state index in [1.165, 1.54) is 14.2 Å². The summed E-state index contributed by atoms with van der Waals surface area (Å²) in [5.41, 5.74) is 0. The van der Waals surface area contributed by atoms with Crippen LogP contribution in [0.5, 0.6) is 0 Å². The van der Waals surface area contributed by atoms with Crippen molar-refractivity contribution >= 4 is 25.2 Å². The lowest BCUT2D eigenvalue weighted by atomic mass is 10.1. The minimum Gasteiger partial charge on any atom is -0.469 e. The second-order valence-electron chi connectivity index (χ2n) is 4.98. The van der Waals surface area contributed by atoms with E-state index in [-0.39, 0.29) is 6.42 Å². The monoisotopic (exact) mass is 346 g/mol. The molecule has 5 heteroatoms.